The molecule has 1 spiro atoms. The van der Waals surface area contributed by atoms with Crippen molar-refractivity contribution in [2.75, 3.05) is 26.3 Å². The van der Waals surface area contributed by atoms with Crippen LogP contribution in [0.5, 0.6) is 0 Å². The molecule has 0 saturated carbocycles. The van der Waals surface area contributed by atoms with Crippen molar-refractivity contribution in [3.63, 3.8) is 0 Å². The van der Waals surface area contributed by atoms with Crippen LogP contribution in [0.2, 0.25) is 0 Å². The van der Waals surface area contributed by atoms with Gasteiger partial charge in [-0.2, -0.15) is 0 Å². The predicted molar refractivity (Wildman–Crippen MR) is 109 cm³/mol. The van der Waals surface area contributed by atoms with Gasteiger partial charge in [-0.1, -0.05) is 24.3 Å². The summed E-state index contributed by atoms with van der Waals surface area (Å²) < 4.78 is 11.4. The van der Waals surface area contributed by atoms with Gasteiger partial charge in [0.05, 0.1) is 13.2 Å². The van der Waals surface area contributed by atoms with Crippen LogP contribution in [-0.4, -0.2) is 48.8 Å². The quantitative estimate of drug-likeness (QED) is 0.866. The summed E-state index contributed by atoms with van der Waals surface area (Å²) in [4.78, 5) is 27.0. The van der Waals surface area contributed by atoms with Crippen molar-refractivity contribution < 1.29 is 19.1 Å². The zero-order chi connectivity index (χ0) is 20.3. The fraction of sp³-hybridized carbons (Fsp3) is 0.391. The van der Waals surface area contributed by atoms with Crippen molar-refractivity contribution in [1.29, 1.82) is 0 Å². The van der Waals surface area contributed by atoms with Gasteiger partial charge in [0.1, 0.15) is 0 Å². The lowest BCUT2D eigenvalue weighted by molar-refractivity contribution is -0.181. The smallest absolute Gasteiger partial charge is 0.253 e. The molecule has 2 fully saturated rings. The SMILES string of the molecule is Cc1ccccc1CNC(=O)c1ccc(C(=O)N2CCC3(CC2)OCCO3)cc1. The first-order valence-corrected chi connectivity index (χ1v) is 10.1. The minimum absolute atomic E-state index is 0.0234. The average molecular weight is 394 g/mol. The second-order valence-corrected chi connectivity index (χ2v) is 7.59. The summed E-state index contributed by atoms with van der Waals surface area (Å²) in [6, 6.07) is 14.8. The number of rotatable bonds is 4. The van der Waals surface area contributed by atoms with Crippen LogP contribution in [-0.2, 0) is 16.0 Å². The third kappa shape index (κ3) is 4.33. The number of benzene rings is 2. The van der Waals surface area contributed by atoms with E-state index >= 15 is 0 Å². The molecule has 0 aliphatic carbocycles. The highest BCUT2D eigenvalue weighted by Crippen LogP contribution is 2.31. The molecule has 2 aliphatic rings. The van der Waals surface area contributed by atoms with Crippen molar-refractivity contribution in [3.8, 4) is 0 Å². The number of hydrogen-bond donors (Lipinski definition) is 1. The first-order valence-electron chi connectivity index (χ1n) is 10.1. The third-order valence-electron chi connectivity index (χ3n) is 5.72. The standard InChI is InChI=1S/C23H26N2O4/c1-17-4-2-3-5-20(17)16-24-21(26)18-6-8-19(9-7-18)22(27)25-12-10-23(11-13-25)28-14-15-29-23/h2-9H,10-16H2,1H3,(H,24,26). The minimum Gasteiger partial charge on any atom is -0.348 e. The van der Waals surface area contributed by atoms with Gasteiger partial charge in [-0.05, 0) is 42.3 Å². The van der Waals surface area contributed by atoms with E-state index in [-0.39, 0.29) is 11.8 Å². The van der Waals surface area contributed by atoms with E-state index in [1.807, 2.05) is 36.1 Å². The van der Waals surface area contributed by atoms with Crippen LogP contribution in [0.15, 0.2) is 48.5 Å². The third-order valence-corrected chi connectivity index (χ3v) is 5.72. The molecule has 6 nitrogen and oxygen atoms in total. The lowest BCUT2D eigenvalue weighted by atomic mass is 10.0. The summed E-state index contributed by atoms with van der Waals surface area (Å²) in [5.41, 5.74) is 3.36. The average Bonchev–Trinajstić information content (AvgIpc) is 3.21. The van der Waals surface area contributed by atoms with E-state index in [1.165, 1.54) is 0 Å². The van der Waals surface area contributed by atoms with E-state index in [0.29, 0.717) is 56.8 Å². The van der Waals surface area contributed by atoms with Gasteiger partial charge in [0.15, 0.2) is 5.79 Å². The summed E-state index contributed by atoms with van der Waals surface area (Å²) in [5, 5.41) is 2.93. The zero-order valence-electron chi connectivity index (χ0n) is 16.6. The number of piperidine rings is 1. The Morgan fingerprint density at radius 2 is 1.59 bits per heavy atom. The largest absolute Gasteiger partial charge is 0.348 e. The Kier molecular flexibility index (Phi) is 5.65. The Morgan fingerprint density at radius 1 is 0.966 bits per heavy atom. The van der Waals surface area contributed by atoms with E-state index in [4.69, 9.17) is 9.47 Å². The molecule has 2 heterocycles. The Balaban J connectivity index is 1.33. The molecule has 152 valence electrons. The van der Waals surface area contributed by atoms with E-state index in [0.717, 1.165) is 11.1 Å². The molecule has 4 rings (SSSR count). The van der Waals surface area contributed by atoms with Crippen molar-refractivity contribution in [1.82, 2.24) is 10.2 Å². The molecule has 2 aromatic carbocycles. The molecule has 0 aromatic heterocycles. The minimum atomic E-state index is -0.490. The normalized spacial score (nSPS) is 18.0. The Hall–Kier alpha value is -2.70. The topological polar surface area (TPSA) is 67.9 Å². The maximum atomic E-state index is 12.8. The molecule has 2 aromatic rings. The van der Waals surface area contributed by atoms with Gasteiger partial charge >= 0.3 is 0 Å². The van der Waals surface area contributed by atoms with Gasteiger partial charge in [0, 0.05) is 43.6 Å². The maximum Gasteiger partial charge on any atom is 0.253 e. The highest BCUT2D eigenvalue weighted by molar-refractivity contribution is 5.97. The predicted octanol–water partition coefficient (Wildman–Crippen LogP) is 2.90. The number of likely N-dealkylation sites (tertiary alicyclic amines) is 1. The van der Waals surface area contributed by atoms with Gasteiger partial charge in [-0.15, -0.1) is 0 Å². The van der Waals surface area contributed by atoms with Crippen molar-refractivity contribution in [3.05, 3.63) is 70.8 Å². The summed E-state index contributed by atoms with van der Waals surface area (Å²) >= 11 is 0. The second-order valence-electron chi connectivity index (χ2n) is 7.59. The summed E-state index contributed by atoms with van der Waals surface area (Å²) in [7, 11) is 0. The monoisotopic (exact) mass is 394 g/mol. The van der Waals surface area contributed by atoms with E-state index < -0.39 is 5.79 Å². The first kappa shape index (κ1) is 19.6. The number of carbonyl (C=O) groups excluding carboxylic acids is 2. The lowest BCUT2D eigenvalue weighted by Crippen LogP contribution is -2.47. The lowest BCUT2D eigenvalue weighted by Gasteiger charge is -2.37. The van der Waals surface area contributed by atoms with Gasteiger partial charge in [0.2, 0.25) is 0 Å². The zero-order valence-corrected chi connectivity index (χ0v) is 16.6. The van der Waals surface area contributed by atoms with Gasteiger partial charge in [-0.3, -0.25) is 9.59 Å². The van der Waals surface area contributed by atoms with Crippen LogP contribution in [0.25, 0.3) is 0 Å². The molecule has 1 N–H and O–H groups in total. The van der Waals surface area contributed by atoms with E-state index in [2.05, 4.69) is 5.32 Å². The molecule has 0 bridgehead atoms. The molecule has 2 aliphatic heterocycles. The van der Waals surface area contributed by atoms with Crippen LogP contribution >= 0.6 is 0 Å². The second kappa shape index (κ2) is 8.35. The Morgan fingerprint density at radius 3 is 2.24 bits per heavy atom. The van der Waals surface area contributed by atoms with Crippen LogP contribution in [0.3, 0.4) is 0 Å². The van der Waals surface area contributed by atoms with Crippen molar-refractivity contribution >= 4 is 11.8 Å². The van der Waals surface area contributed by atoms with Gasteiger partial charge in [-0.25, -0.2) is 0 Å². The van der Waals surface area contributed by atoms with Crippen LogP contribution in [0, 0.1) is 6.92 Å². The number of carbonyl (C=O) groups is 2. The first-order chi connectivity index (χ1) is 14.1. The molecule has 0 unspecified atom stereocenters. The highest BCUT2D eigenvalue weighted by Gasteiger charge is 2.40. The van der Waals surface area contributed by atoms with Crippen LogP contribution in [0.4, 0.5) is 0 Å². The molecule has 2 saturated heterocycles. The number of nitrogens with one attached hydrogen (secondary N) is 1. The highest BCUT2D eigenvalue weighted by atomic mass is 16.7. The fourth-order valence-corrected chi connectivity index (χ4v) is 3.87. The van der Waals surface area contributed by atoms with Crippen molar-refractivity contribution in [2.45, 2.75) is 32.1 Å². The van der Waals surface area contributed by atoms with Gasteiger partial charge < -0.3 is 19.7 Å². The van der Waals surface area contributed by atoms with Crippen LogP contribution in [0.1, 0.15) is 44.7 Å². The van der Waals surface area contributed by atoms with Crippen molar-refractivity contribution in [2.24, 2.45) is 0 Å². The summed E-state index contributed by atoms with van der Waals surface area (Å²) in [6.45, 7) is 4.97. The Bertz CT molecular complexity index is 878. The molecule has 0 atom stereocenters. The maximum absolute atomic E-state index is 12.8. The number of hydrogen-bond acceptors (Lipinski definition) is 4. The molecule has 6 heteroatoms. The number of amides is 2. The summed E-state index contributed by atoms with van der Waals surface area (Å²) in [5.74, 6) is -0.664. The molecular formula is C23H26N2O4. The van der Waals surface area contributed by atoms with Crippen LogP contribution < -0.4 is 5.32 Å². The number of ether oxygens (including phenoxy) is 2. The fourth-order valence-electron chi connectivity index (χ4n) is 3.87. The Labute approximate surface area is 170 Å². The molecule has 29 heavy (non-hydrogen) atoms. The summed E-state index contributed by atoms with van der Waals surface area (Å²) in [6.07, 6.45) is 1.39. The molecule has 0 radical (unpaired) electrons. The van der Waals surface area contributed by atoms with Gasteiger partial charge in [0.25, 0.3) is 11.8 Å². The molecular weight excluding hydrogens is 368 g/mol. The van der Waals surface area contributed by atoms with E-state index in [1.54, 1.807) is 24.3 Å². The number of nitrogens with zero attached hydrogens (tertiary/aromatic N) is 1. The molecule has 2 amide bonds. The van der Waals surface area contributed by atoms with E-state index in [9.17, 15) is 9.59 Å². The number of aryl methyl sites for hydroxylation is 1.